The summed E-state index contributed by atoms with van der Waals surface area (Å²) < 4.78 is 24.6. The normalized spacial score (nSPS) is 11.3. The molecule has 0 spiro atoms. The highest BCUT2D eigenvalue weighted by molar-refractivity contribution is 5.88. The Bertz CT molecular complexity index is 2080. The number of nitrogens with zero attached hydrogens (tertiary/aromatic N) is 4. The van der Waals surface area contributed by atoms with Gasteiger partial charge in [-0.25, -0.2) is 4.98 Å². The molecular weight excluding hydrogens is 564 g/mol. The molecule has 0 unspecified atom stereocenters. The van der Waals surface area contributed by atoms with Crippen molar-refractivity contribution in [3.05, 3.63) is 123 Å². The maximum absolute atomic E-state index is 13.6. The molecule has 2 aromatic heterocycles. The molecule has 0 saturated carbocycles. The van der Waals surface area contributed by atoms with Gasteiger partial charge in [0.05, 0.1) is 41.1 Å². The number of fused-ring (bicyclic) bond motifs is 2. The lowest BCUT2D eigenvalue weighted by atomic mass is 10.2. The Morgan fingerprint density at radius 1 is 0.932 bits per heavy atom. The lowest BCUT2D eigenvalue weighted by Gasteiger charge is -2.13. The van der Waals surface area contributed by atoms with Crippen molar-refractivity contribution in [2.75, 3.05) is 13.7 Å². The average molecular weight is 591 g/mol. The average Bonchev–Trinajstić information content (AvgIpc) is 3.49. The third kappa shape index (κ3) is 5.58. The zero-order valence-electron chi connectivity index (χ0n) is 23.8. The largest absolute Gasteiger partial charge is 0.496 e. The van der Waals surface area contributed by atoms with E-state index < -0.39 is 4.92 Å². The van der Waals surface area contributed by atoms with Gasteiger partial charge in [0.15, 0.2) is 17.3 Å². The van der Waals surface area contributed by atoms with Gasteiger partial charge in [0.25, 0.3) is 11.2 Å². The number of ether oxygens (including phenoxy) is 3. The summed E-state index contributed by atoms with van der Waals surface area (Å²) >= 11 is 0. The van der Waals surface area contributed by atoms with Crippen LogP contribution in [-0.4, -0.2) is 34.5 Å². The first-order valence-corrected chi connectivity index (χ1v) is 13.7. The molecule has 220 valence electrons. The fourth-order valence-electron chi connectivity index (χ4n) is 4.70. The second-order valence-corrected chi connectivity index (χ2v) is 9.65. The molecule has 4 aromatic carbocycles. The van der Waals surface area contributed by atoms with Crippen molar-refractivity contribution in [3.63, 3.8) is 0 Å². The number of benzene rings is 4. The van der Waals surface area contributed by atoms with E-state index in [-0.39, 0.29) is 23.7 Å². The van der Waals surface area contributed by atoms with Crippen molar-refractivity contribution in [1.82, 2.24) is 9.66 Å². The zero-order valence-corrected chi connectivity index (χ0v) is 23.8. The molecule has 0 saturated heterocycles. The highest BCUT2D eigenvalue weighted by atomic mass is 16.6. The number of hydrogen-bond acceptors (Lipinski definition) is 9. The van der Waals surface area contributed by atoms with Crippen LogP contribution in [0.4, 0.5) is 5.69 Å². The van der Waals surface area contributed by atoms with Crippen LogP contribution in [0.1, 0.15) is 18.1 Å². The molecule has 0 N–H and O–H groups in total. The molecule has 6 rings (SSSR count). The Hall–Kier alpha value is -5.97. The smallest absolute Gasteiger partial charge is 0.282 e. The number of rotatable bonds is 10. The minimum absolute atomic E-state index is 0.0105. The van der Waals surface area contributed by atoms with Crippen LogP contribution in [-0.2, 0) is 6.61 Å². The Kier molecular flexibility index (Phi) is 7.75. The van der Waals surface area contributed by atoms with E-state index in [1.54, 1.807) is 61.7 Å². The number of hydrogen-bond donors (Lipinski definition) is 0. The molecule has 0 aliphatic heterocycles. The monoisotopic (exact) mass is 590 g/mol. The standard InChI is InChI=1S/C33H26N4O7/c1-3-42-30-17-22(13-16-29(30)43-20-21-11-14-23(15-12-21)37(39)40)19-34-36-32(35-26-8-5-4-7-24(26)33(36)38)31-18-25-27(41-2)9-6-10-28(25)44-31/h4-19H,3,20H2,1-2H3. The first-order valence-electron chi connectivity index (χ1n) is 13.7. The third-order valence-electron chi connectivity index (χ3n) is 6.85. The van der Waals surface area contributed by atoms with Crippen LogP contribution >= 0.6 is 0 Å². The van der Waals surface area contributed by atoms with Gasteiger partial charge in [-0.1, -0.05) is 18.2 Å². The number of aromatic nitrogens is 2. The maximum Gasteiger partial charge on any atom is 0.282 e. The van der Waals surface area contributed by atoms with Crippen molar-refractivity contribution in [1.29, 1.82) is 0 Å². The molecule has 0 aliphatic carbocycles. The van der Waals surface area contributed by atoms with Gasteiger partial charge in [-0.05, 0) is 78.7 Å². The molecule has 0 bridgehead atoms. The van der Waals surface area contributed by atoms with Crippen LogP contribution in [0.15, 0.2) is 105 Å². The van der Waals surface area contributed by atoms with E-state index in [1.165, 1.54) is 23.0 Å². The van der Waals surface area contributed by atoms with Gasteiger partial charge in [-0.3, -0.25) is 14.9 Å². The van der Waals surface area contributed by atoms with Gasteiger partial charge in [0, 0.05) is 12.1 Å². The van der Waals surface area contributed by atoms with Gasteiger partial charge < -0.3 is 18.6 Å². The molecule has 11 nitrogen and oxygen atoms in total. The fraction of sp³-hybridized carbons (Fsp3) is 0.121. The van der Waals surface area contributed by atoms with Crippen LogP contribution < -0.4 is 19.8 Å². The van der Waals surface area contributed by atoms with E-state index >= 15 is 0 Å². The highest BCUT2D eigenvalue weighted by Crippen LogP contribution is 2.33. The van der Waals surface area contributed by atoms with E-state index in [2.05, 4.69) is 5.10 Å². The lowest BCUT2D eigenvalue weighted by molar-refractivity contribution is -0.384. The number of methoxy groups -OCH3 is 1. The van der Waals surface area contributed by atoms with E-state index in [9.17, 15) is 14.9 Å². The molecule has 6 aromatic rings. The number of para-hydroxylation sites is 1. The van der Waals surface area contributed by atoms with E-state index in [1.807, 2.05) is 31.2 Å². The summed E-state index contributed by atoms with van der Waals surface area (Å²) in [4.78, 5) is 28.9. The minimum atomic E-state index is -0.447. The predicted octanol–water partition coefficient (Wildman–Crippen LogP) is 6.59. The summed E-state index contributed by atoms with van der Waals surface area (Å²) in [6.45, 7) is 2.44. The lowest BCUT2D eigenvalue weighted by Crippen LogP contribution is -2.20. The molecule has 0 fully saturated rings. The van der Waals surface area contributed by atoms with Crippen LogP contribution in [0.2, 0.25) is 0 Å². The van der Waals surface area contributed by atoms with Gasteiger partial charge in [0.1, 0.15) is 17.9 Å². The summed E-state index contributed by atoms with van der Waals surface area (Å²) in [5, 5.41) is 16.6. The summed E-state index contributed by atoms with van der Waals surface area (Å²) in [5.41, 5.74) is 2.16. The molecule has 11 heteroatoms. The van der Waals surface area contributed by atoms with E-state index in [4.69, 9.17) is 23.6 Å². The SMILES string of the molecule is CCOc1cc(C=Nn2c(-c3cc4c(OC)cccc4o3)nc3ccccc3c2=O)ccc1OCc1ccc([N+](=O)[O-])cc1. The Balaban J connectivity index is 1.35. The molecule has 0 amide bonds. The molecule has 0 atom stereocenters. The van der Waals surface area contributed by atoms with E-state index in [0.717, 1.165) is 10.9 Å². The van der Waals surface area contributed by atoms with Crippen molar-refractivity contribution in [3.8, 4) is 28.8 Å². The van der Waals surface area contributed by atoms with E-state index in [0.29, 0.717) is 51.7 Å². The summed E-state index contributed by atoms with van der Waals surface area (Å²) in [5.74, 6) is 2.19. The van der Waals surface area contributed by atoms with Crippen LogP contribution in [0.3, 0.4) is 0 Å². The number of nitro groups is 1. The second-order valence-electron chi connectivity index (χ2n) is 9.65. The molecule has 0 aliphatic rings. The van der Waals surface area contributed by atoms with Gasteiger partial charge in [0.2, 0.25) is 5.82 Å². The predicted molar refractivity (Wildman–Crippen MR) is 166 cm³/mol. The van der Waals surface area contributed by atoms with Gasteiger partial charge >= 0.3 is 0 Å². The molecule has 2 heterocycles. The quantitative estimate of drug-likeness (QED) is 0.0992. The first kappa shape index (κ1) is 28.2. The van der Waals surface area contributed by atoms with Crippen LogP contribution in [0.5, 0.6) is 17.2 Å². The van der Waals surface area contributed by atoms with Crippen LogP contribution in [0.25, 0.3) is 33.5 Å². The highest BCUT2D eigenvalue weighted by Gasteiger charge is 2.18. The van der Waals surface area contributed by atoms with Crippen molar-refractivity contribution in [2.45, 2.75) is 13.5 Å². The minimum Gasteiger partial charge on any atom is -0.496 e. The number of non-ortho nitro benzene ring substituents is 1. The number of furan rings is 1. The second kappa shape index (κ2) is 12.1. The topological polar surface area (TPSA) is 131 Å². The van der Waals surface area contributed by atoms with Gasteiger partial charge in [-0.2, -0.15) is 9.78 Å². The van der Waals surface area contributed by atoms with Gasteiger partial charge in [-0.15, -0.1) is 0 Å². The Morgan fingerprint density at radius 2 is 1.75 bits per heavy atom. The maximum atomic E-state index is 13.6. The zero-order chi connectivity index (χ0) is 30.6. The summed E-state index contributed by atoms with van der Waals surface area (Å²) in [6, 6.07) is 25.7. The first-order chi connectivity index (χ1) is 21.4. The fourth-order valence-corrected chi connectivity index (χ4v) is 4.70. The molecule has 44 heavy (non-hydrogen) atoms. The van der Waals surface area contributed by atoms with Crippen LogP contribution in [0, 0.1) is 10.1 Å². The summed E-state index contributed by atoms with van der Waals surface area (Å²) in [7, 11) is 1.58. The van der Waals surface area contributed by atoms with Crippen molar-refractivity contribution >= 4 is 33.8 Å². The van der Waals surface area contributed by atoms with Crippen molar-refractivity contribution in [2.24, 2.45) is 5.10 Å². The summed E-state index contributed by atoms with van der Waals surface area (Å²) in [6.07, 6.45) is 1.53. The third-order valence-corrected chi connectivity index (χ3v) is 6.85. The number of nitro benzene ring substituents is 1. The van der Waals surface area contributed by atoms with Crippen molar-refractivity contribution < 1.29 is 23.6 Å². The molecule has 0 radical (unpaired) electrons. The molecular formula is C33H26N4O7. The Morgan fingerprint density at radius 3 is 2.52 bits per heavy atom. The Labute approximate surface area is 250 Å².